The van der Waals surface area contributed by atoms with Gasteiger partial charge in [-0.05, 0) is 48.5 Å². The predicted molar refractivity (Wildman–Crippen MR) is 110 cm³/mol. The fourth-order valence-electron chi connectivity index (χ4n) is 2.88. The molecule has 0 unspecified atom stereocenters. The first-order chi connectivity index (χ1) is 13.3. The standard InChI is InChI=1S/C18H17N3O5S2/c22-18(15-5-3-4-12-19-15)20-13-8-10-14(11-9-13)21-27(23,24)16-6-1-2-7-17(16)28(21,25)26/h1-12,23-26H,(H,20,22). The monoisotopic (exact) mass is 419 g/mol. The minimum Gasteiger partial charge on any atom is -0.321 e. The summed E-state index contributed by atoms with van der Waals surface area (Å²) in [6.07, 6.45) is 1.51. The molecule has 2 heterocycles. The molecule has 0 fully saturated rings. The third kappa shape index (κ3) is 3.02. The van der Waals surface area contributed by atoms with Gasteiger partial charge in [-0.15, -0.1) is 0 Å². The van der Waals surface area contributed by atoms with Crippen molar-refractivity contribution in [1.82, 2.24) is 4.98 Å². The third-order valence-corrected chi connectivity index (χ3v) is 8.75. The average Bonchev–Trinajstić information content (AvgIpc) is 2.85. The number of amides is 1. The number of rotatable bonds is 3. The second-order valence-corrected chi connectivity index (χ2v) is 9.87. The van der Waals surface area contributed by atoms with Crippen molar-refractivity contribution < 1.29 is 23.0 Å². The van der Waals surface area contributed by atoms with E-state index in [0.29, 0.717) is 5.69 Å². The molecule has 5 N–H and O–H groups in total. The van der Waals surface area contributed by atoms with E-state index in [1.807, 2.05) is 0 Å². The summed E-state index contributed by atoms with van der Waals surface area (Å²) in [6, 6.07) is 17.1. The Balaban J connectivity index is 1.62. The lowest BCUT2D eigenvalue weighted by Gasteiger charge is -2.45. The SMILES string of the molecule is O=C(Nc1ccc(N2S(O)(O)c3ccccc3S2(O)O)cc1)c1ccccn1. The Labute approximate surface area is 164 Å². The Hall–Kier alpha value is -2.60. The van der Waals surface area contributed by atoms with Gasteiger partial charge in [0, 0.05) is 11.9 Å². The maximum absolute atomic E-state index is 12.2. The van der Waals surface area contributed by atoms with Crippen LogP contribution in [0.2, 0.25) is 0 Å². The predicted octanol–water partition coefficient (Wildman–Crippen LogP) is 4.90. The number of hydrogen-bond donors (Lipinski definition) is 5. The van der Waals surface area contributed by atoms with Crippen molar-refractivity contribution in [1.29, 1.82) is 0 Å². The second kappa shape index (κ2) is 6.78. The molecular weight excluding hydrogens is 402 g/mol. The van der Waals surface area contributed by atoms with E-state index >= 15 is 0 Å². The lowest BCUT2D eigenvalue weighted by atomic mass is 10.2. The van der Waals surface area contributed by atoms with Gasteiger partial charge >= 0.3 is 0 Å². The van der Waals surface area contributed by atoms with Crippen LogP contribution in [0, 0.1) is 0 Å². The molecule has 0 atom stereocenters. The van der Waals surface area contributed by atoms with Crippen LogP contribution in [0.25, 0.3) is 0 Å². The summed E-state index contributed by atoms with van der Waals surface area (Å²) in [5.74, 6) is -0.393. The highest BCUT2D eigenvalue weighted by Gasteiger charge is 2.47. The minimum absolute atomic E-state index is 0.0857. The van der Waals surface area contributed by atoms with Gasteiger partial charge in [0.25, 0.3) is 5.91 Å². The molecule has 8 nitrogen and oxygen atoms in total. The largest absolute Gasteiger partial charge is 0.321 e. The van der Waals surface area contributed by atoms with Gasteiger partial charge in [-0.2, -0.15) is 3.71 Å². The highest BCUT2D eigenvalue weighted by atomic mass is 32.4. The smallest absolute Gasteiger partial charge is 0.274 e. The number of pyridine rings is 1. The number of carbonyl (C=O) groups is 1. The average molecular weight is 419 g/mol. The van der Waals surface area contributed by atoms with Crippen molar-refractivity contribution in [2.24, 2.45) is 0 Å². The van der Waals surface area contributed by atoms with Gasteiger partial charge in [-0.1, -0.05) is 39.8 Å². The molecule has 2 aromatic carbocycles. The van der Waals surface area contributed by atoms with Crippen LogP contribution in [0.15, 0.2) is 82.7 Å². The summed E-state index contributed by atoms with van der Waals surface area (Å²) in [5.41, 5.74) is 0.904. The maximum Gasteiger partial charge on any atom is 0.274 e. The van der Waals surface area contributed by atoms with Crippen molar-refractivity contribution in [2.75, 3.05) is 9.03 Å². The van der Waals surface area contributed by atoms with Crippen molar-refractivity contribution >= 4 is 38.8 Å². The number of fused-ring (bicyclic) bond motifs is 1. The number of hydrogen-bond acceptors (Lipinski definition) is 7. The van der Waals surface area contributed by atoms with E-state index in [0.717, 1.165) is 3.71 Å². The van der Waals surface area contributed by atoms with Gasteiger partial charge in [0.1, 0.15) is 15.5 Å². The van der Waals surface area contributed by atoms with Crippen LogP contribution in [0.4, 0.5) is 11.4 Å². The van der Waals surface area contributed by atoms with Crippen LogP contribution in [0.5, 0.6) is 0 Å². The Morgan fingerprint density at radius 2 is 1.39 bits per heavy atom. The van der Waals surface area contributed by atoms with Gasteiger partial charge in [-0.25, -0.2) is 0 Å². The summed E-state index contributed by atoms with van der Waals surface area (Å²) in [4.78, 5) is 16.3. The molecular formula is C18H17N3O5S2. The van der Waals surface area contributed by atoms with Crippen molar-refractivity contribution in [3.05, 3.63) is 78.6 Å². The summed E-state index contributed by atoms with van der Waals surface area (Å²) in [5, 5.41) is 2.68. The van der Waals surface area contributed by atoms with E-state index in [1.54, 1.807) is 30.3 Å². The Morgan fingerprint density at radius 1 is 0.821 bits per heavy atom. The molecule has 28 heavy (non-hydrogen) atoms. The molecule has 0 saturated heterocycles. The van der Waals surface area contributed by atoms with Crippen LogP contribution >= 0.6 is 21.6 Å². The molecule has 0 radical (unpaired) electrons. The normalized spacial score (nSPS) is 18.8. The van der Waals surface area contributed by atoms with E-state index in [1.165, 1.54) is 42.6 Å². The highest BCUT2D eigenvalue weighted by Crippen LogP contribution is 2.77. The third-order valence-electron chi connectivity index (χ3n) is 4.14. The highest BCUT2D eigenvalue weighted by molar-refractivity contribution is 8.44. The van der Waals surface area contributed by atoms with Gasteiger partial charge < -0.3 is 5.32 Å². The molecule has 1 aliphatic heterocycles. The second-order valence-electron chi connectivity index (χ2n) is 5.96. The van der Waals surface area contributed by atoms with E-state index < -0.39 is 27.5 Å². The molecule has 10 heteroatoms. The Kier molecular flexibility index (Phi) is 4.54. The van der Waals surface area contributed by atoms with E-state index in [2.05, 4.69) is 10.3 Å². The number of aromatic nitrogens is 1. The van der Waals surface area contributed by atoms with E-state index in [-0.39, 0.29) is 21.2 Å². The first kappa shape index (κ1) is 18.7. The zero-order chi connectivity index (χ0) is 19.9. The van der Waals surface area contributed by atoms with Gasteiger partial charge in [0.2, 0.25) is 0 Å². The van der Waals surface area contributed by atoms with Crippen molar-refractivity contribution in [3.8, 4) is 0 Å². The first-order valence-electron chi connectivity index (χ1n) is 8.10. The van der Waals surface area contributed by atoms with Gasteiger partial charge in [-0.3, -0.25) is 28.0 Å². The molecule has 0 bridgehead atoms. The maximum atomic E-state index is 12.2. The Bertz CT molecular complexity index is 994. The van der Waals surface area contributed by atoms with E-state index in [4.69, 9.17) is 0 Å². The lowest BCUT2D eigenvalue weighted by Crippen LogP contribution is -2.24. The van der Waals surface area contributed by atoms with Crippen LogP contribution in [-0.4, -0.2) is 29.1 Å². The summed E-state index contributed by atoms with van der Waals surface area (Å²) >= 11 is 0. The van der Waals surface area contributed by atoms with Crippen LogP contribution < -0.4 is 9.03 Å². The number of nitrogens with one attached hydrogen (secondary N) is 1. The summed E-state index contributed by atoms with van der Waals surface area (Å²) in [7, 11) is -7.23. The lowest BCUT2D eigenvalue weighted by molar-refractivity contribution is 0.102. The molecule has 0 spiro atoms. The molecule has 1 amide bonds. The first-order valence-corrected chi connectivity index (χ1v) is 11.1. The molecule has 4 rings (SSSR count). The minimum atomic E-state index is -3.61. The van der Waals surface area contributed by atoms with Crippen LogP contribution in [0.1, 0.15) is 10.5 Å². The van der Waals surface area contributed by atoms with Crippen LogP contribution in [0.3, 0.4) is 0 Å². The number of carbonyl (C=O) groups excluding carboxylic acids is 1. The molecule has 1 aromatic heterocycles. The fraction of sp³-hybridized carbons (Fsp3) is 0. The fourth-order valence-corrected chi connectivity index (χ4v) is 7.58. The zero-order valence-corrected chi connectivity index (χ0v) is 16.0. The molecule has 0 aliphatic carbocycles. The van der Waals surface area contributed by atoms with Crippen LogP contribution in [-0.2, 0) is 0 Å². The molecule has 146 valence electrons. The quantitative estimate of drug-likeness (QED) is 0.408. The Morgan fingerprint density at radius 3 is 1.93 bits per heavy atom. The molecule has 1 aliphatic rings. The summed E-state index contributed by atoms with van der Waals surface area (Å²) < 4.78 is 43.4. The number of anilines is 2. The summed E-state index contributed by atoms with van der Waals surface area (Å²) in [6.45, 7) is 0. The number of nitrogens with zero attached hydrogens (tertiary/aromatic N) is 2. The van der Waals surface area contributed by atoms with Crippen molar-refractivity contribution in [2.45, 2.75) is 9.79 Å². The van der Waals surface area contributed by atoms with Crippen molar-refractivity contribution in [3.63, 3.8) is 0 Å². The van der Waals surface area contributed by atoms with Gasteiger partial charge in [0.15, 0.2) is 0 Å². The van der Waals surface area contributed by atoms with Gasteiger partial charge in [0.05, 0.1) is 5.69 Å². The van der Waals surface area contributed by atoms with E-state index in [9.17, 15) is 23.0 Å². The topological polar surface area (TPSA) is 126 Å². The number of benzene rings is 2. The molecule has 3 aromatic rings. The molecule has 0 saturated carbocycles. The zero-order valence-electron chi connectivity index (χ0n) is 14.3.